The summed E-state index contributed by atoms with van der Waals surface area (Å²) in [7, 11) is 0. The highest BCUT2D eigenvalue weighted by atomic mass is 16.2. The molecule has 3 N–H and O–H groups in total. The molecule has 0 unspecified atom stereocenters. The number of benzene rings is 1. The van der Waals surface area contributed by atoms with Crippen molar-refractivity contribution in [3.63, 3.8) is 0 Å². The molecule has 3 aromatic rings. The number of rotatable bonds is 4. The molecule has 0 saturated carbocycles. The molecule has 1 amide bonds. The number of nitrogens with one attached hydrogen (secondary N) is 3. The first-order valence-corrected chi connectivity index (χ1v) is 6.61. The Morgan fingerprint density at radius 2 is 2.10 bits per heavy atom. The lowest BCUT2D eigenvalue weighted by atomic mass is 10.1. The van der Waals surface area contributed by atoms with Crippen LogP contribution < -0.4 is 10.7 Å². The molecule has 6 heteroatoms. The van der Waals surface area contributed by atoms with E-state index < -0.39 is 0 Å². The molecule has 0 saturated heterocycles. The van der Waals surface area contributed by atoms with Crippen molar-refractivity contribution >= 4 is 16.8 Å². The molecule has 2 aromatic heterocycles. The zero-order valence-corrected chi connectivity index (χ0v) is 11.2. The highest BCUT2D eigenvalue weighted by Gasteiger charge is 2.12. The van der Waals surface area contributed by atoms with E-state index in [0.717, 1.165) is 11.2 Å². The molecule has 0 bridgehead atoms. The molecule has 2 heterocycles. The van der Waals surface area contributed by atoms with Crippen LogP contribution in [0.1, 0.15) is 16.1 Å². The number of aromatic amines is 2. The van der Waals surface area contributed by atoms with Gasteiger partial charge in [-0.25, -0.2) is 4.98 Å². The molecule has 1 aromatic carbocycles. The molecule has 3 rings (SSSR count). The quantitative estimate of drug-likeness (QED) is 0.672. The van der Waals surface area contributed by atoms with Gasteiger partial charge < -0.3 is 15.3 Å². The highest BCUT2D eigenvalue weighted by molar-refractivity contribution is 5.97. The van der Waals surface area contributed by atoms with Gasteiger partial charge in [-0.2, -0.15) is 0 Å². The van der Waals surface area contributed by atoms with Crippen molar-refractivity contribution in [2.45, 2.75) is 6.42 Å². The second-order valence-electron chi connectivity index (χ2n) is 4.66. The number of carbonyl (C=O) groups is 1. The zero-order valence-electron chi connectivity index (χ0n) is 11.2. The van der Waals surface area contributed by atoms with Crippen LogP contribution in [-0.4, -0.2) is 27.4 Å². The van der Waals surface area contributed by atoms with Crippen LogP contribution in [-0.2, 0) is 6.42 Å². The molecular weight excluding hydrogens is 268 g/mol. The van der Waals surface area contributed by atoms with E-state index >= 15 is 0 Å². The van der Waals surface area contributed by atoms with Gasteiger partial charge in [0.1, 0.15) is 5.56 Å². The number of carbonyl (C=O) groups excluding carboxylic acids is 1. The van der Waals surface area contributed by atoms with Crippen LogP contribution in [0.2, 0.25) is 0 Å². The van der Waals surface area contributed by atoms with Gasteiger partial charge in [0, 0.05) is 42.0 Å². The first-order valence-electron chi connectivity index (χ1n) is 6.61. The molecule has 0 aliphatic carbocycles. The van der Waals surface area contributed by atoms with Crippen molar-refractivity contribution in [3.05, 3.63) is 64.5 Å². The Morgan fingerprint density at radius 1 is 1.24 bits per heavy atom. The number of amides is 1. The van der Waals surface area contributed by atoms with Gasteiger partial charge in [-0.3, -0.25) is 9.59 Å². The van der Waals surface area contributed by atoms with Gasteiger partial charge in [0.05, 0.1) is 6.33 Å². The van der Waals surface area contributed by atoms with Crippen molar-refractivity contribution < 1.29 is 4.79 Å². The van der Waals surface area contributed by atoms with Gasteiger partial charge >= 0.3 is 0 Å². The minimum atomic E-state index is -0.374. The van der Waals surface area contributed by atoms with Crippen molar-refractivity contribution in [2.75, 3.05) is 6.54 Å². The fourth-order valence-electron chi connectivity index (χ4n) is 2.16. The number of imidazole rings is 1. The van der Waals surface area contributed by atoms with Crippen molar-refractivity contribution in [1.82, 2.24) is 20.3 Å². The lowest BCUT2D eigenvalue weighted by molar-refractivity contribution is 0.0953. The number of hydrogen-bond acceptors (Lipinski definition) is 3. The normalized spacial score (nSPS) is 10.7. The van der Waals surface area contributed by atoms with E-state index in [0.29, 0.717) is 18.4 Å². The van der Waals surface area contributed by atoms with Crippen LogP contribution in [0, 0.1) is 0 Å². The predicted octanol–water partition coefficient (Wildman–Crippen LogP) is 1.22. The molecule has 106 valence electrons. The summed E-state index contributed by atoms with van der Waals surface area (Å²) in [6.45, 7) is 0.438. The molecule has 0 atom stereocenters. The minimum Gasteiger partial charge on any atom is -0.360 e. The van der Waals surface area contributed by atoms with E-state index in [2.05, 4.69) is 20.3 Å². The van der Waals surface area contributed by atoms with Crippen LogP contribution in [0.5, 0.6) is 0 Å². The van der Waals surface area contributed by atoms with E-state index in [1.807, 2.05) is 6.07 Å². The maximum absolute atomic E-state index is 12.3. The molecule has 6 nitrogen and oxygen atoms in total. The number of para-hydroxylation sites is 1. The molecule has 0 radical (unpaired) electrons. The van der Waals surface area contributed by atoms with Crippen LogP contribution in [0.4, 0.5) is 0 Å². The number of nitrogens with zero attached hydrogens (tertiary/aromatic N) is 1. The number of H-pyrrole nitrogens is 2. The summed E-state index contributed by atoms with van der Waals surface area (Å²) in [6.07, 6.45) is 5.38. The molecule has 0 spiro atoms. The number of fused-ring (bicyclic) bond motifs is 1. The fraction of sp³-hybridized carbons (Fsp3) is 0.133. The Hall–Kier alpha value is -2.89. The summed E-state index contributed by atoms with van der Waals surface area (Å²) in [5, 5.41) is 3.25. The van der Waals surface area contributed by atoms with Gasteiger partial charge in [-0.1, -0.05) is 12.1 Å². The third-order valence-electron chi connectivity index (χ3n) is 3.27. The van der Waals surface area contributed by atoms with Crippen LogP contribution in [0.15, 0.2) is 47.8 Å². The van der Waals surface area contributed by atoms with E-state index in [1.165, 1.54) is 6.20 Å². The Kier molecular flexibility index (Phi) is 3.51. The monoisotopic (exact) mass is 282 g/mol. The molecule has 0 fully saturated rings. The fourth-order valence-corrected chi connectivity index (χ4v) is 2.16. The van der Waals surface area contributed by atoms with Crippen molar-refractivity contribution in [2.24, 2.45) is 0 Å². The number of hydrogen-bond donors (Lipinski definition) is 3. The lowest BCUT2D eigenvalue weighted by Gasteiger charge is -2.05. The van der Waals surface area contributed by atoms with Gasteiger partial charge in [-0.05, 0) is 12.1 Å². The Bertz CT molecular complexity index is 821. The minimum absolute atomic E-state index is 0.123. The second-order valence-corrected chi connectivity index (χ2v) is 4.66. The van der Waals surface area contributed by atoms with Crippen molar-refractivity contribution in [1.29, 1.82) is 0 Å². The molecule has 0 aliphatic heterocycles. The highest BCUT2D eigenvalue weighted by Crippen LogP contribution is 2.06. The predicted molar refractivity (Wildman–Crippen MR) is 79.2 cm³/mol. The third-order valence-corrected chi connectivity index (χ3v) is 3.27. The van der Waals surface area contributed by atoms with Crippen LogP contribution >= 0.6 is 0 Å². The molecule has 0 aliphatic rings. The molecule has 21 heavy (non-hydrogen) atoms. The van der Waals surface area contributed by atoms with Gasteiger partial charge in [0.2, 0.25) is 5.43 Å². The Labute approximate surface area is 120 Å². The van der Waals surface area contributed by atoms with E-state index in [1.54, 1.807) is 30.7 Å². The zero-order chi connectivity index (χ0) is 14.7. The van der Waals surface area contributed by atoms with E-state index in [-0.39, 0.29) is 16.9 Å². The first-order chi connectivity index (χ1) is 10.3. The smallest absolute Gasteiger partial charge is 0.256 e. The number of pyridine rings is 1. The van der Waals surface area contributed by atoms with Gasteiger partial charge in [0.25, 0.3) is 5.91 Å². The largest absolute Gasteiger partial charge is 0.360 e. The summed E-state index contributed by atoms with van der Waals surface area (Å²) in [5.74, 6) is -0.374. The van der Waals surface area contributed by atoms with Crippen LogP contribution in [0.25, 0.3) is 10.9 Å². The number of aromatic nitrogens is 3. The second kappa shape index (κ2) is 5.62. The SMILES string of the molecule is O=C(NCCc1cnc[nH]1)c1c[nH]c2ccccc2c1=O. The summed E-state index contributed by atoms with van der Waals surface area (Å²) >= 11 is 0. The third kappa shape index (κ3) is 2.69. The molecular formula is C15H14N4O2. The summed E-state index contributed by atoms with van der Waals surface area (Å²) in [6, 6.07) is 7.12. The average molecular weight is 282 g/mol. The van der Waals surface area contributed by atoms with E-state index in [9.17, 15) is 9.59 Å². The van der Waals surface area contributed by atoms with Crippen LogP contribution in [0.3, 0.4) is 0 Å². The maximum atomic E-state index is 12.3. The Balaban J connectivity index is 1.75. The Morgan fingerprint density at radius 3 is 2.90 bits per heavy atom. The lowest BCUT2D eigenvalue weighted by Crippen LogP contribution is -2.30. The standard InChI is InChI=1S/C15H14N4O2/c20-14-11-3-1-2-4-13(11)18-8-12(14)15(21)17-6-5-10-7-16-9-19-10/h1-4,7-9H,5-6H2,(H,16,19)(H,17,21)(H,18,20). The van der Waals surface area contributed by atoms with Gasteiger partial charge in [0.15, 0.2) is 0 Å². The van der Waals surface area contributed by atoms with E-state index in [4.69, 9.17) is 0 Å². The van der Waals surface area contributed by atoms with Gasteiger partial charge in [-0.15, -0.1) is 0 Å². The topological polar surface area (TPSA) is 90.6 Å². The first kappa shape index (κ1) is 13.1. The maximum Gasteiger partial charge on any atom is 0.256 e. The average Bonchev–Trinajstić information content (AvgIpc) is 3.01. The summed E-state index contributed by atoms with van der Waals surface area (Å²) < 4.78 is 0. The summed E-state index contributed by atoms with van der Waals surface area (Å²) in [4.78, 5) is 34.2. The summed E-state index contributed by atoms with van der Waals surface area (Å²) in [5.41, 5.74) is 1.51. The van der Waals surface area contributed by atoms with Crippen molar-refractivity contribution in [3.8, 4) is 0 Å².